The predicted molar refractivity (Wildman–Crippen MR) is 77.4 cm³/mol. The molecule has 0 spiro atoms. The first-order valence-electron chi connectivity index (χ1n) is 6.46. The molecule has 0 aromatic heterocycles. The molecule has 6 nitrogen and oxygen atoms in total. The van der Waals surface area contributed by atoms with E-state index in [1.807, 2.05) is 0 Å². The SMILES string of the molecule is Cl.O=C(C1CCNC1)N1CCc2ccc([N+](=O)[O-])cc21. The Kier molecular flexibility index (Phi) is 4.25. The minimum Gasteiger partial charge on any atom is -0.316 e. The molecule has 7 heteroatoms. The molecule has 1 aromatic carbocycles. The molecular weight excluding hydrogens is 282 g/mol. The maximum atomic E-state index is 12.4. The Bertz CT molecular complexity index is 544. The van der Waals surface area contributed by atoms with E-state index in [1.165, 1.54) is 12.1 Å². The molecule has 2 aliphatic rings. The molecule has 1 atom stereocenters. The number of nitro groups is 1. The molecule has 1 aromatic rings. The summed E-state index contributed by atoms with van der Waals surface area (Å²) >= 11 is 0. The first-order valence-corrected chi connectivity index (χ1v) is 6.46. The van der Waals surface area contributed by atoms with Crippen LogP contribution in [0.15, 0.2) is 18.2 Å². The molecule has 0 saturated carbocycles. The standard InChI is InChI=1S/C13H15N3O3.ClH/c17-13(10-3-5-14-8-10)15-6-4-9-1-2-11(16(18)19)7-12(9)15;/h1-2,7,10,14H,3-6,8H2;1H. The number of rotatable bonds is 2. The number of nitrogens with one attached hydrogen (secondary N) is 1. The van der Waals surface area contributed by atoms with Crippen LogP contribution in [0.4, 0.5) is 11.4 Å². The Morgan fingerprint density at radius 2 is 2.25 bits per heavy atom. The van der Waals surface area contributed by atoms with Crippen molar-refractivity contribution in [1.29, 1.82) is 0 Å². The summed E-state index contributed by atoms with van der Waals surface area (Å²) in [5.74, 6) is 0.0921. The van der Waals surface area contributed by atoms with Crippen LogP contribution in [0, 0.1) is 16.0 Å². The second-order valence-corrected chi connectivity index (χ2v) is 5.00. The van der Waals surface area contributed by atoms with E-state index in [1.54, 1.807) is 11.0 Å². The second kappa shape index (κ2) is 5.76. The van der Waals surface area contributed by atoms with E-state index >= 15 is 0 Å². The number of anilines is 1. The first kappa shape index (κ1) is 14.7. The van der Waals surface area contributed by atoms with Gasteiger partial charge in [0, 0.05) is 25.2 Å². The van der Waals surface area contributed by atoms with E-state index in [4.69, 9.17) is 0 Å². The van der Waals surface area contributed by atoms with Crippen molar-refractivity contribution in [2.75, 3.05) is 24.5 Å². The normalized spacial score (nSPS) is 20.4. The number of nitrogens with zero attached hydrogens (tertiary/aromatic N) is 2. The third kappa shape index (κ3) is 2.48. The minimum atomic E-state index is -0.418. The van der Waals surface area contributed by atoms with E-state index < -0.39 is 4.92 Å². The van der Waals surface area contributed by atoms with Gasteiger partial charge < -0.3 is 10.2 Å². The zero-order valence-corrected chi connectivity index (χ0v) is 11.7. The number of fused-ring (bicyclic) bond motifs is 1. The Labute approximate surface area is 122 Å². The zero-order valence-electron chi connectivity index (χ0n) is 10.9. The molecular formula is C13H16ClN3O3. The molecule has 1 N–H and O–H groups in total. The number of hydrogen-bond acceptors (Lipinski definition) is 4. The zero-order chi connectivity index (χ0) is 13.4. The molecule has 2 aliphatic heterocycles. The van der Waals surface area contributed by atoms with Crippen molar-refractivity contribution in [3.05, 3.63) is 33.9 Å². The van der Waals surface area contributed by atoms with Crippen LogP contribution in [0.3, 0.4) is 0 Å². The number of benzene rings is 1. The maximum Gasteiger partial charge on any atom is 0.271 e. The molecule has 0 aliphatic carbocycles. The van der Waals surface area contributed by atoms with Crippen molar-refractivity contribution >= 4 is 29.7 Å². The highest BCUT2D eigenvalue weighted by Gasteiger charge is 2.32. The topological polar surface area (TPSA) is 75.5 Å². The smallest absolute Gasteiger partial charge is 0.271 e. The van der Waals surface area contributed by atoms with Gasteiger partial charge in [0.2, 0.25) is 5.91 Å². The molecule has 1 saturated heterocycles. The minimum absolute atomic E-state index is 0. The average Bonchev–Trinajstić information content (AvgIpc) is 3.06. The van der Waals surface area contributed by atoms with Crippen LogP contribution in [0.2, 0.25) is 0 Å². The molecule has 1 unspecified atom stereocenters. The fraction of sp³-hybridized carbons (Fsp3) is 0.462. The van der Waals surface area contributed by atoms with Crippen LogP contribution in [-0.4, -0.2) is 30.5 Å². The predicted octanol–water partition coefficient (Wildman–Crippen LogP) is 1.52. The molecule has 1 amide bonds. The van der Waals surface area contributed by atoms with E-state index in [9.17, 15) is 14.9 Å². The lowest BCUT2D eigenvalue weighted by molar-refractivity contribution is -0.384. The van der Waals surface area contributed by atoms with E-state index in [0.717, 1.165) is 24.9 Å². The van der Waals surface area contributed by atoms with Crippen LogP contribution < -0.4 is 10.2 Å². The number of amides is 1. The Morgan fingerprint density at radius 1 is 1.45 bits per heavy atom. The average molecular weight is 298 g/mol. The number of non-ortho nitro benzene ring substituents is 1. The number of hydrogen-bond donors (Lipinski definition) is 1. The van der Waals surface area contributed by atoms with Gasteiger partial charge in [-0.1, -0.05) is 6.07 Å². The monoisotopic (exact) mass is 297 g/mol. The van der Waals surface area contributed by atoms with Crippen molar-refractivity contribution in [3.8, 4) is 0 Å². The summed E-state index contributed by atoms with van der Waals surface area (Å²) in [6, 6.07) is 4.78. The summed E-state index contributed by atoms with van der Waals surface area (Å²) in [5, 5.41) is 14.0. The summed E-state index contributed by atoms with van der Waals surface area (Å²) < 4.78 is 0. The van der Waals surface area contributed by atoms with Gasteiger partial charge in [0.15, 0.2) is 0 Å². The molecule has 0 bridgehead atoms. The van der Waals surface area contributed by atoms with Crippen LogP contribution >= 0.6 is 12.4 Å². The van der Waals surface area contributed by atoms with E-state index in [0.29, 0.717) is 18.8 Å². The largest absolute Gasteiger partial charge is 0.316 e. The highest BCUT2D eigenvalue weighted by atomic mass is 35.5. The molecule has 1 fully saturated rings. The van der Waals surface area contributed by atoms with Crippen molar-refractivity contribution in [3.63, 3.8) is 0 Å². The first-order chi connectivity index (χ1) is 9.16. The lowest BCUT2D eigenvalue weighted by Crippen LogP contribution is -2.35. The van der Waals surface area contributed by atoms with Gasteiger partial charge in [-0.3, -0.25) is 14.9 Å². The van der Waals surface area contributed by atoms with Crippen molar-refractivity contribution in [1.82, 2.24) is 5.32 Å². The lowest BCUT2D eigenvalue weighted by Gasteiger charge is -2.20. The van der Waals surface area contributed by atoms with Gasteiger partial charge in [0.1, 0.15) is 0 Å². The highest BCUT2D eigenvalue weighted by Crippen LogP contribution is 2.33. The summed E-state index contributed by atoms with van der Waals surface area (Å²) in [7, 11) is 0. The van der Waals surface area contributed by atoms with Gasteiger partial charge in [0.25, 0.3) is 5.69 Å². The van der Waals surface area contributed by atoms with Crippen LogP contribution in [0.25, 0.3) is 0 Å². The molecule has 0 radical (unpaired) electrons. The van der Waals surface area contributed by atoms with Crippen LogP contribution in [0.5, 0.6) is 0 Å². The summed E-state index contributed by atoms with van der Waals surface area (Å²) in [5.41, 5.74) is 1.78. The van der Waals surface area contributed by atoms with E-state index in [2.05, 4.69) is 5.32 Å². The van der Waals surface area contributed by atoms with Gasteiger partial charge in [0.05, 0.1) is 16.5 Å². The van der Waals surface area contributed by atoms with Gasteiger partial charge in [-0.15, -0.1) is 12.4 Å². The number of carbonyl (C=O) groups is 1. The van der Waals surface area contributed by atoms with Gasteiger partial charge in [-0.2, -0.15) is 0 Å². The van der Waals surface area contributed by atoms with Crippen molar-refractivity contribution < 1.29 is 9.72 Å². The Morgan fingerprint density at radius 3 is 2.90 bits per heavy atom. The maximum absolute atomic E-state index is 12.4. The lowest BCUT2D eigenvalue weighted by atomic mass is 10.1. The van der Waals surface area contributed by atoms with Gasteiger partial charge >= 0.3 is 0 Å². The van der Waals surface area contributed by atoms with Crippen molar-refractivity contribution in [2.45, 2.75) is 12.8 Å². The summed E-state index contributed by atoms with van der Waals surface area (Å²) in [6.45, 7) is 2.21. The molecule has 108 valence electrons. The summed E-state index contributed by atoms with van der Waals surface area (Å²) in [6.07, 6.45) is 1.62. The highest BCUT2D eigenvalue weighted by molar-refractivity contribution is 5.97. The van der Waals surface area contributed by atoms with E-state index in [-0.39, 0.29) is 29.9 Å². The van der Waals surface area contributed by atoms with Gasteiger partial charge in [-0.25, -0.2) is 0 Å². The third-order valence-electron chi connectivity index (χ3n) is 3.85. The Hall–Kier alpha value is -1.66. The fourth-order valence-corrected chi connectivity index (χ4v) is 2.80. The van der Waals surface area contributed by atoms with Gasteiger partial charge in [-0.05, 0) is 24.9 Å². The quantitative estimate of drug-likeness (QED) is 0.663. The molecule has 3 rings (SSSR count). The molecule has 2 heterocycles. The number of nitro benzene ring substituents is 1. The molecule has 20 heavy (non-hydrogen) atoms. The number of halogens is 1. The summed E-state index contributed by atoms with van der Waals surface area (Å²) in [4.78, 5) is 24.5. The van der Waals surface area contributed by atoms with Crippen molar-refractivity contribution in [2.24, 2.45) is 5.92 Å². The van der Waals surface area contributed by atoms with Crippen LogP contribution in [0.1, 0.15) is 12.0 Å². The third-order valence-corrected chi connectivity index (χ3v) is 3.85. The fourth-order valence-electron chi connectivity index (χ4n) is 2.80. The second-order valence-electron chi connectivity index (χ2n) is 5.00. The Balaban J connectivity index is 0.00000147. The van der Waals surface area contributed by atoms with Crippen LogP contribution in [-0.2, 0) is 11.2 Å². The number of carbonyl (C=O) groups excluding carboxylic acids is 1.